The second-order valence-corrected chi connectivity index (χ2v) is 7.05. The summed E-state index contributed by atoms with van der Waals surface area (Å²) in [6.07, 6.45) is 1.57. The Bertz CT molecular complexity index is 993. The number of nitrogens with one attached hydrogen (secondary N) is 1. The third kappa shape index (κ3) is 3.81. The lowest BCUT2D eigenvalue weighted by molar-refractivity contribution is 0.0951. The SMILES string of the molecule is NS(=O)(=O)Cc1ccccc1CNC(=O)c1ccc2occc2c1. The first kappa shape index (κ1) is 16.2. The fourth-order valence-corrected chi connectivity index (χ4v) is 3.19. The van der Waals surface area contributed by atoms with Crippen molar-refractivity contribution in [2.24, 2.45) is 5.14 Å². The molecule has 0 aliphatic rings. The molecule has 0 aliphatic heterocycles. The van der Waals surface area contributed by atoms with Crippen LogP contribution in [0.3, 0.4) is 0 Å². The summed E-state index contributed by atoms with van der Waals surface area (Å²) >= 11 is 0. The van der Waals surface area contributed by atoms with Gasteiger partial charge in [0.1, 0.15) is 5.58 Å². The lowest BCUT2D eigenvalue weighted by Crippen LogP contribution is -2.24. The van der Waals surface area contributed by atoms with E-state index in [1.807, 2.05) is 0 Å². The van der Waals surface area contributed by atoms with Crippen LogP contribution in [0.2, 0.25) is 0 Å². The second-order valence-electron chi connectivity index (χ2n) is 5.43. The highest BCUT2D eigenvalue weighted by molar-refractivity contribution is 7.88. The molecule has 0 spiro atoms. The number of primary sulfonamides is 1. The lowest BCUT2D eigenvalue weighted by Gasteiger charge is -2.10. The summed E-state index contributed by atoms with van der Waals surface area (Å²) in [5.41, 5.74) is 2.51. The zero-order valence-electron chi connectivity index (χ0n) is 12.7. The van der Waals surface area contributed by atoms with Gasteiger partial charge in [0.2, 0.25) is 10.0 Å². The van der Waals surface area contributed by atoms with Crippen LogP contribution in [0.25, 0.3) is 11.0 Å². The zero-order valence-corrected chi connectivity index (χ0v) is 13.5. The minimum absolute atomic E-state index is 0.216. The van der Waals surface area contributed by atoms with Crippen LogP contribution in [0.15, 0.2) is 59.2 Å². The van der Waals surface area contributed by atoms with E-state index in [-0.39, 0.29) is 18.2 Å². The molecule has 6 nitrogen and oxygen atoms in total. The number of benzene rings is 2. The van der Waals surface area contributed by atoms with Gasteiger partial charge in [-0.15, -0.1) is 0 Å². The first-order chi connectivity index (χ1) is 11.4. The predicted octanol–water partition coefficient (Wildman–Crippen LogP) is 2.15. The summed E-state index contributed by atoms with van der Waals surface area (Å²) in [6, 6.07) is 13.9. The third-order valence-electron chi connectivity index (χ3n) is 3.63. The summed E-state index contributed by atoms with van der Waals surface area (Å²) in [7, 11) is -3.63. The molecule has 0 saturated heterocycles. The molecular formula is C17H16N2O4S. The van der Waals surface area contributed by atoms with Crippen LogP contribution in [0.5, 0.6) is 0 Å². The molecule has 0 saturated carbocycles. The predicted molar refractivity (Wildman–Crippen MR) is 90.6 cm³/mol. The molecule has 124 valence electrons. The number of amides is 1. The zero-order chi connectivity index (χ0) is 17.2. The summed E-state index contributed by atoms with van der Waals surface area (Å²) in [4.78, 5) is 12.3. The quantitative estimate of drug-likeness (QED) is 0.740. The van der Waals surface area contributed by atoms with Crippen LogP contribution >= 0.6 is 0 Å². The standard InChI is InChI=1S/C17H16N2O4S/c18-24(21,22)11-15-4-2-1-3-14(15)10-19-17(20)13-5-6-16-12(9-13)7-8-23-16/h1-9H,10-11H2,(H,19,20)(H2,18,21,22). The van der Waals surface area contributed by atoms with Gasteiger partial charge < -0.3 is 9.73 Å². The van der Waals surface area contributed by atoms with Crippen LogP contribution in [0, 0.1) is 0 Å². The van der Waals surface area contributed by atoms with Crippen LogP contribution < -0.4 is 10.5 Å². The highest BCUT2D eigenvalue weighted by Crippen LogP contribution is 2.17. The van der Waals surface area contributed by atoms with Gasteiger partial charge in [0, 0.05) is 17.5 Å². The van der Waals surface area contributed by atoms with Crippen molar-refractivity contribution in [3.63, 3.8) is 0 Å². The van der Waals surface area contributed by atoms with Gasteiger partial charge in [-0.1, -0.05) is 24.3 Å². The van der Waals surface area contributed by atoms with Gasteiger partial charge >= 0.3 is 0 Å². The lowest BCUT2D eigenvalue weighted by atomic mass is 10.1. The average Bonchev–Trinajstić information content (AvgIpc) is 2.99. The Kier molecular flexibility index (Phi) is 4.37. The molecule has 0 atom stereocenters. The normalized spacial score (nSPS) is 11.5. The number of rotatable bonds is 5. The second kappa shape index (κ2) is 6.46. The molecule has 0 radical (unpaired) electrons. The van der Waals surface area contributed by atoms with E-state index < -0.39 is 10.0 Å². The fraction of sp³-hybridized carbons (Fsp3) is 0.118. The van der Waals surface area contributed by atoms with Gasteiger partial charge in [-0.3, -0.25) is 4.79 Å². The minimum Gasteiger partial charge on any atom is -0.464 e. The Balaban J connectivity index is 1.74. The Morgan fingerprint density at radius 3 is 2.58 bits per heavy atom. The monoisotopic (exact) mass is 344 g/mol. The maximum Gasteiger partial charge on any atom is 0.251 e. The summed E-state index contributed by atoms with van der Waals surface area (Å²) in [5.74, 6) is -0.511. The van der Waals surface area contributed by atoms with Crippen molar-refractivity contribution in [2.45, 2.75) is 12.3 Å². The van der Waals surface area contributed by atoms with Crippen LogP contribution in [0.4, 0.5) is 0 Å². The summed E-state index contributed by atoms with van der Waals surface area (Å²) < 4.78 is 27.8. The van der Waals surface area contributed by atoms with Crippen LogP contribution in [-0.4, -0.2) is 14.3 Å². The Labute approximate surface area is 139 Å². The van der Waals surface area contributed by atoms with Gasteiger partial charge in [0.15, 0.2) is 0 Å². The van der Waals surface area contributed by atoms with E-state index in [1.54, 1.807) is 54.8 Å². The fourth-order valence-electron chi connectivity index (χ4n) is 2.47. The van der Waals surface area contributed by atoms with Gasteiger partial charge in [0.25, 0.3) is 5.91 Å². The van der Waals surface area contributed by atoms with E-state index in [0.29, 0.717) is 22.3 Å². The number of hydrogen-bond acceptors (Lipinski definition) is 4. The van der Waals surface area contributed by atoms with Crippen molar-refractivity contribution in [1.29, 1.82) is 0 Å². The highest BCUT2D eigenvalue weighted by Gasteiger charge is 2.11. The number of fused-ring (bicyclic) bond motifs is 1. The Morgan fingerprint density at radius 1 is 1.08 bits per heavy atom. The van der Waals surface area contributed by atoms with Crippen molar-refractivity contribution in [1.82, 2.24) is 5.32 Å². The third-order valence-corrected chi connectivity index (χ3v) is 4.34. The Hall–Kier alpha value is -2.64. The molecule has 2 aromatic carbocycles. The van der Waals surface area contributed by atoms with E-state index in [1.165, 1.54) is 0 Å². The summed E-state index contributed by atoms with van der Waals surface area (Å²) in [5, 5.41) is 8.74. The average molecular weight is 344 g/mol. The molecule has 0 unspecified atom stereocenters. The van der Waals surface area contributed by atoms with Gasteiger partial charge in [-0.05, 0) is 35.4 Å². The minimum atomic E-state index is -3.63. The molecule has 7 heteroatoms. The molecule has 0 aliphatic carbocycles. The van der Waals surface area contributed by atoms with Crippen molar-refractivity contribution in [3.8, 4) is 0 Å². The largest absolute Gasteiger partial charge is 0.464 e. The smallest absolute Gasteiger partial charge is 0.251 e. The molecule has 3 N–H and O–H groups in total. The molecule has 3 rings (SSSR count). The molecule has 1 amide bonds. The molecule has 1 heterocycles. The molecule has 0 fully saturated rings. The first-order valence-corrected chi connectivity index (χ1v) is 8.97. The van der Waals surface area contributed by atoms with E-state index in [0.717, 1.165) is 5.39 Å². The van der Waals surface area contributed by atoms with Crippen LogP contribution in [-0.2, 0) is 22.3 Å². The van der Waals surface area contributed by atoms with Gasteiger partial charge in [0.05, 0.1) is 12.0 Å². The number of nitrogens with two attached hydrogens (primary N) is 1. The number of carbonyl (C=O) groups is 1. The van der Waals surface area contributed by atoms with Gasteiger partial charge in [-0.2, -0.15) is 0 Å². The van der Waals surface area contributed by atoms with Crippen molar-refractivity contribution in [3.05, 3.63) is 71.5 Å². The van der Waals surface area contributed by atoms with Crippen LogP contribution in [0.1, 0.15) is 21.5 Å². The molecule has 0 bridgehead atoms. The first-order valence-electron chi connectivity index (χ1n) is 7.25. The van der Waals surface area contributed by atoms with E-state index in [9.17, 15) is 13.2 Å². The van der Waals surface area contributed by atoms with E-state index in [2.05, 4.69) is 5.32 Å². The number of hydrogen-bond donors (Lipinski definition) is 2. The molecule has 3 aromatic rings. The molecule has 1 aromatic heterocycles. The van der Waals surface area contributed by atoms with Gasteiger partial charge in [-0.25, -0.2) is 13.6 Å². The maximum atomic E-state index is 12.3. The van der Waals surface area contributed by atoms with E-state index in [4.69, 9.17) is 9.56 Å². The topological polar surface area (TPSA) is 102 Å². The summed E-state index contributed by atoms with van der Waals surface area (Å²) in [6.45, 7) is 0.216. The number of sulfonamides is 1. The number of carbonyl (C=O) groups excluding carboxylic acids is 1. The van der Waals surface area contributed by atoms with Crippen molar-refractivity contribution in [2.75, 3.05) is 0 Å². The molecule has 24 heavy (non-hydrogen) atoms. The molecular weight excluding hydrogens is 328 g/mol. The number of furan rings is 1. The van der Waals surface area contributed by atoms with Crippen molar-refractivity contribution >= 4 is 26.9 Å². The highest BCUT2D eigenvalue weighted by atomic mass is 32.2. The maximum absolute atomic E-state index is 12.3. The van der Waals surface area contributed by atoms with E-state index >= 15 is 0 Å². The van der Waals surface area contributed by atoms with Crippen molar-refractivity contribution < 1.29 is 17.6 Å². The Morgan fingerprint density at radius 2 is 1.83 bits per heavy atom.